The summed E-state index contributed by atoms with van der Waals surface area (Å²) in [5, 5.41) is 39.7. The van der Waals surface area contributed by atoms with E-state index in [2.05, 4.69) is 15.0 Å². The molecule has 3 heterocycles. The van der Waals surface area contributed by atoms with Gasteiger partial charge in [-0.1, -0.05) is 0 Å². The van der Waals surface area contributed by atoms with E-state index in [0.717, 1.165) is 25.7 Å². The van der Waals surface area contributed by atoms with Gasteiger partial charge >= 0.3 is 6.01 Å². The lowest BCUT2D eigenvalue weighted by Crippen LogP contribution is -2.49. The fourth-order valence-electron chi connectivity index (χ4n) is 3.69. The Hall–Kier alpha value is -2.05. The number of aromatic nitrogens is 4. The zero-order chi connectivity index (χ0) is 19.2. The third kappa shape index (κ3) is 2.91. The zero-order valence-electron chi connectivity index (χ0n) is 14.6. The van der Waals surface area contributed by atoms with E-state index in [-0.39, 0.29) is 23.6 Å². The predicted octanol–water partition coefficient (Wildman–Crippen LogP) is -1.30. The largest absolute Gasteiger partial charge is 0.460 e. The molecule has 2 fully saturated rings. The lowest BCUT2D eigenvalue weighted by atomic mass is 9.97. The highest BCUT2D eigenvalue weighted by molar-refractivity contribution is 5.82. The molecule has 11 heteroatoms. The Morgan fingerprint density at radius 1 is 1.22 bits per heavy atom. The van der Waals surface area contributed by atoms with Crippen LogP contribution in [-0.4, -0.2) is 77.1 Å². The molecule has 3 atom stereocenters. The molecule has 0 amide bonds. The first kappa shape index (κ1) is 18.3. The van der Waals surface area contributed by atoms with Crippen LogP contribution in [0.4, 0.5) is 5.82 Å². The quantitative estimate of drug-likeness (QED) is 0.420. The maximum atomic E-state index is 10.4. The van der Waals surface area contributed by atoms with E-state index >= 15 is 0 Å². The van der Waals surface area contributed by atoms with Gasteiger partial charge in [-0.25, -0.2) is 4.98 Å². The van der Waals surface area contributed by atoms with Crippen molar-refractivity contribution in [2.24, 2.45) is 0 Å². The minimum Gasteiger partial charge on any atom is -0.460 e. The molecule has 6 N–H and O–H groups in total. The molecule has 1 saturated heterocycles. The van der Waals surface area contributed by atoms with E-state index in [9.17, 15) is 20.4 Å². The summed E-state index contributed by atoms with van der Waals surface area (Å²) in [7, 11) is 0. The number of hydrogen-bond donors (Lipinski definition) is 5. The van der Waals surface area contributed by atoms with Crippen molar-refractivity contribution in [3.8, 4) is 6.01 Å². The monoisotopic (exact) mass is 381 g/mol. The normalized spacial score (nSPS) is 28.2. The summed E-state index contributed by atoms with van der Waals surface area (Å²) in [6.45, 7) is -1.34. The van der Waals surface area contributed by atoms with Crippen LogP contribution in [-0.2, 0) is 4.74 Å². The van der Waals surface area contributed by atoms with E-state index < -0.39 is 37.3 Å². The van der Waals surface area contributed by atoms with E-state index in [1.807, 2.05) is 0 Å². The number of nitrogens with zero attached hydrogens (tertiary/aromatic N) is 4. The highest BCUT2D eigenvalue weighted by Gasteiger charge is 2.54. The Morgan fingerprint density at radius 2 is 1.93 bits per heavy atom. The number of imidazole rings is 1. The van der Waals surface area contributed by atoms with Gasteiger partial charge in [0, 0.05) is 0 Å². The van der Waals surface area contributed by atoms with Gasteiger partial charge in [-0.15, -0.1) is 0 Å². The number of nitrogen functional groups attached to an aromatic ring is 1. The molecule has 1 saturated carbocycles. The minimum absolute atomic E-state index is 0.0322. The first-order valence-corrected chi connectivity index (χ1v) is 8.91. The van der Waals surface area contributed by atoms with Gasteiger partial charge in [0.1, 0.15) is 23.9 Å². The summed E-state index contributed by atoms with van der Waals surface area (Å²) in [6.07, 6.45) is 1.36. The number of aliphatic hydroxyl groups is 4. The van der Waals surface area contributed by atoms with Crippen LogP contribution in [0.1, 0.15) is 31.9 Å². The molecule has 0 bridgehead atoms. The van der Waals surface area contributed by atoms with Crippen LogP contribution in [0.2, 0.25) is 0 Å². The highest BCUT2D eigenvalue weighted by atomic mass is 16.6. The molecule has 1 aliphatic heterocycles. The van der Waals surface area contributed by atoms with Crippen molar-refractivity contribution in [3.05, 3.63) is 6.33 Å². The molecule has 1 aliphatic carbocycles. The van der Waals surface area contributed by atoms with E-state index in [0.29, 0.717) is 5.52 Å². The molecule has 4 rings (SSSR count). The number of nitrogens with two attached hydrogens (primary N) is 1. The number of rotatable bonds is 5. The Balaban J connectivity index is 1.70. The van der Waals surface area contributed by atoms with E-state index in [4.69, 9.17) is 15.2 Å². The van der Waals surface area contributed by atoms with Crippen molar-refractivity contribution in [2.45, 2.75) is 55.8 Å². The number of anilines is 1. The average molecular weight is 381 g/mol. The third-order valence-corrected chi connectivity index (χ3v) is 5.32. The molecule has 2 aromatic rings. The summed E-state index contributed by atoms with van der Waals surface area (Å²) >= 11 is 0. The number of aliphatic hydroxyl groups excluding tert-OH is 4. The Bertz CT molecular complexity index is 819. The van der Waals surface area contributed by atoms with Crippen LogP contribution in [0.5, 0.6) is 6.01 Å². The van der Waals surface area contributed by atoms with Gasteiger partial charge in [-0.05, 0) is 25.7 Å². The van der Waals surface area contributed by atoms with E-state index in [1.165, 1.54) is 10.9 Å². The molecule has 0 aromatic carbocycles. The Labute approximate surface area is 154 Å². The van der Waals surface area contributed by atoms with Crippen LogP contribution in [0.15, 0.2) is 6.33 Å². The van der Waals surface area contributed by atoms with Gasteiger partial charge in [0.05, 0.1) is 19.5 Å². The maximum Gasteiger partial charge on any atom is 0.320 e. The number of fused-ring (bicyclic) bond motifs is 1. The molecule has 2 aromatic heterocycles. The van der Waals surface area contributed by atoms with Gasteiger partial charge in [0.15, 0.2) is 23.2 Å². The van der Waals surface area contributed by atoms with Crippen LogP contribution >= 0.6 is 0 Å². The molecule has 2 aliphatic rings. The fourth-order valence-corrected chi connectivity index (χ4v) is 3.69. The zero-order valence-corrected chi connectivity index (χ0v) is 14.6. The van der Waals surface area contributed by atoms with Gasteiger partial charge in [0.2, 0.25) is 0 Å². The SMILES string of the molecule is Nc1nc(OC2CCCC2)nc2c1ncn2[C@@H]1OC(CO)(CO)[C@@H](O)[C@H]1O. The van der Waals surface area contributed by atoms with Gasteiger partial charge in [-0.2, -0.15) is 9.97 Å². The fraction of sp³-hybridized carbons (Fsp3) is 0.688. The van der Waals surface area contributed by atoms with Crippen LogP contribution in [0.25, 0.3) is 11.2 Å². The minimum atomic E-state index is -1.69. The summed E-state index contributed by atoms with van der Waals surface area (Å²) in [4.78, 5) is 12.6. The van der Waals surface area contributed by atoms with Gasteiger partial charge in [-0.3, -0.25) is 4.57 Å². The molecule has 11 nitrogen and oxygen atoms in total. The second-order valence-corrected chi connectivity index (χ2v) is 7.06. The van der Waals surface area contributed by atoms with Crippen LogP contribution < -0.4 is 10.5 Å². The summed E-state index contributed by atoms with van der Waals surface area (Å²) < 4.78 is 12.8. The second kappa shape index (κ2) is 6.84. The maximum absolute atomic E-state index is 10.4. The molecular formula is C16H23N5O6. The van der Waals surface area contributed by atoms with Crippen molar-refractivity contribution in [1.29, 1.82) is 0 Å². The van der Waals surface area contributed by atoms with Crippen molar-refractivity contribution in [3.63, 3.8) is 0 Å². The average Bonchev–Trinajstić information content (AvgIpc) is 3.37. The van der Waals surface area contributed by atoms with Gasteiger partial charge in [0.25, 0.3) is 0 Å². The number of hydrogen-bond acceptors (Lipinski definition) is 10. The lowest BCUT2D eigenvalue weighted by molar-refractivity contribution is -0.149. The summed E-state index contributed by atoms with van der Waals surface area (Å²) in [5.74, 6) is 0.121. The van der Waals surface area contributed by atoms with Crippen LogP contribution in [0.3, 0.4) is 0 Å². The van der Waals surface area contributed by atoms with Crippen LogP contribution in [0, 0.1) is 0 Å². The van der Waals surface area contributed by atoms with Crippen molar-refractivity contribution in [1.82, 2.24) is 19.5 Å². The first-order chi connectivity index (χ1) is 13.0. The van der Waals surface area contributed by atoms with Crippen molar-refractivity contribution >= 4 is 17.0 Å². The topological polar surface area (TPSA) is 169 Å². The number of ether oxygens (including phenoxy) is 2. The molecule has 148 valence electrons. The van der Waals surface area contributed by atoms with Gasteiger partial charge < -0.3 is 35.6 Å². The smallest absolute Gasteiger partial charge is 0.320 e. The summed E-state index contributed by atoms with van der Waals surface area (Å²) in [5.41, 5.74) is 4.84. The molecular weight excluding hydrogens is 358 g/mol. The second-order valence-electron chi connectivity index (χ2n) is 7.06. The molecule has 0 spiro atoms. The first-order valence-electron chi connectivity index (χ1n) is 8.91. The van der Waals surface area contributed by atoms with Crippen molar-refractivity contribution < 1.29 is 29.9 Å². The Morgan fingerprint density at radius 3 is 2.56 bits per heavy atom. The molecule has 27 heavy (non-hydrogen) atoms. The van der Waals surface area contributed by atoms with Crippen molar-refractivity contribution in [2.75, 3.05) is 18.9 Å². The third-order valence-electron chi connectivity index (χ3n) is 5.32. The standard InChI is InChI=1S/C16H23N5O6/c17-12-9-13(20-15(19-12)26-8-3-1-2-4-8)21(7-18-9)14-10(24)11(25)16(5-22,6-23)27-14/h7-8,10-11,14,22-25H,1-6H2,(H2,17,19,20)/t10-,11+,14-/m1/s1. The predicted molar refractivity (Wildman–Crippen MR) is 91.7 cm³/mol. The Kier molecular flexibility index (Phi) is 4.64. The lowest BCUT2D eigenvalue weighted by Gasteiger charge is -2.27. The highest BCUT2D eigenvalue weighted by Crippen LogP contribution is 2.38. The molecule has 0 radical (unpaired) electrons. The molecule has 0 unspecified atom stereocenters. The van der Waals surface area contributed by atoms with E-state index in [1.54, 1.807) is 0 Å². The summed E-state index contributed by atoms with van der Waals surface area (Å²) in [6, 6.07) is 0.109.